The molecule has 94 valence electrons. The summed E-state index contributed by atoms with van der Waals surface area (Å²) in [6, 6.07) is 6.15. The molecule has 17 heavy (non-hydrogen) atoms. The summed E-state index contributed by atoms with van der Waals surface area (Å²) >= 11 is 6.19. The van der Waals surface area contributed by atoms with Gasteiger partial charge in [0.25, 0.3) is 0 Å². The largest absolute Gasteiger partial charge is 0.397 e. The minimum absolute atomic E-state index is 0.487. The molecule has 3 unspecified atom stereocenters. The molecule has 2 rings (SSSR count). The van der Waals surface area contributed by atoms with E-state index in [1.165, 1.54) is 19.3 Å². The molecule has 1 saturated carbocycles. The summed E-state index contributed by atoms with van der Waals surface area (Å²) in [7, 11) is 0. The van der Waals surface area contributed by atoms with E-state index in [1.54, 1.807) is 0 Å². The minimum atomic E-state index is 0.487. The van der Waals surface area contributed by atoms with Gasteiger partial charge in [0.15, 0.2) is 0 Å². The molecule has 0 radical (unpaired) electrons. The molecule has 3 N–H and O–H groups in total. The van der Waals surface area contributed by atoms with Gasteiger partial charge in [0, 0.05) is 6.04 Å². The predicted octanol–water partition coefficient (Wildman–Crippen LogP) is 4.16. The molecule has 0 bridgehead atoms. The second kappa shape index (κ2) is 5.18. The third-order valence-electron chi connectivity index (χ3n) is 4.08. The highest BCUT2D eigenvalue weighted by atomic mass is 35.5. The summed E-state index contributed by atoms with van der Waals surface area (Å²) in [5.41, 5.74) is 7.61. The van der Waals surface area contributed by atoms with Crippen LogP contribution >= 0.6 is 11.6 Å². The Labute approximate surface area is 109 Å². The maximum atomic E-state index is 6.19. The van der Waals surface area contributed by atoms with E-state index in [0.29, 0.717) is 12.0 Å². The molecule has 0 amide bonds. The quantitative estimate of drug-likeness (QED) is 0.776. The molecule has 1 aliphatic rings. The first-order valence-electron chi connectivity index (χ1n) is 6.40. The first kappa shape index (κ1) is 12.6. The number of hydrogen-bond acceptors (Lipinski definition) is 2. The SMILES string of the molecule is CC1CCCC(Nc2c(N)cccc2Cl)C1C. The van der Waals surface area contributed by atoms with E-state index in [1.807, 2.05) is 18.2 Å². The third kappa shape index (κ3) is 2.68. The number of nitrogen functional groups attached to an aromatic ring is 1. The smallest absolute Gasteiger partial charge is 0.0765 e. The summed E-state index contributed by atoms with van der Waals surface area (Å²) in [5.74, 6) is 1.43. The lowest BCUT2D eigenvalue weighted by atomic mass is 9.78. The highest BCUT2D eigenvalue weighted by molar-refractivity contribution is 6.33. The van der Waals surface area contributed by atoms with E-state index in [2.05, 4.69) is 19.2 Å². The van der Waals surface area contributed by atoms with Gasteiger partial charge in [-0.2, -0.15) is 0 Å². The maximum Gasteiger partial charge on any atom is 0.0765 e. The minimum Gasteiger partial charge on any atom is -0.397 e. The molecule has 3 atom stereocenters. The van der Waals surface area contributed by atoms with Crippen LogP contribution in [-0.4, -0.2) is 6.04 Å². The predicted molar refractivity (Wildman–Crippen MR) is 75.5 cm³/mol. The molecule has 2 nitrogen and oxygen atoms in total. The van der Waals surface area contributed by atoms with Crippen LogP contribution in [0.15, 0.2) is 18.2 Å². The third-order valence-corrected chi connectivity index (χ3v) is 4.40. The lowest BCUT2D eigenvalue weighted by Crippen LogP contribution is -2.35. The van der Waals surface area contributed by atoms with Crippen molar-refractivity contribution < 1.29 is 0 Å². The Morgan fingerprint density at radius 3 is 2.76 bits per heavy atom. The van der Waals surface area contributed by atoms with E-state index in [4.69, 9.17) is 17.3 Å². The second-order valence-corrected chi connectivity index (χ2v) is 5.63. The molecule has 3 heteroatoms. The van der Waals surface area contributed by atoms with Crippen molar-refractivity contribution in [1.29, 1.82) is 0 Å². The van der Waals surface area contributed by atoms with E-state index in [9.17, 15) is 0 Å². The van der Waals surface area contributed by atoms with Crippen LogP contribution in [-0.2, 0) is 0 Å². The maximum absolute atomic E-state index is 6.19. The Balaban J connectivity index is 2.15. The molecule has 1 aliphatic carbocycles. The van der Waals surface area contributed by atoms with Gasteiger partial charge >= 0.3 is 0 Å². The zero-order chi connectivity index (χ0) is 12.4. The van der Waals surface area contributed by atoms with Crippen molar-refractivity contribution in [2.75, 3.05) is 11.1 Å². The van der Waals surface area contributed by atoms with Gasteiger partial charge in [0.2, 0.25) is 0 Å². The molecule has 0 aliphatic heterocycles. The van der Waals surface area contributed by atoms with Gasteiger partial charge in [-0.05, 0) is 30.4 Å². The van der Waals surface area contributed by atoms with Gasteiger partial charge < -0.3 is 11.1 Å². The fourth-order valence-electron chi connectivity index (χ4n) is 2.66. The Morgan fingerprint density at radius 1 is 1.29 bits per heavy atom. The second-order valence-electron chi connectivity index (χ2n) is 5.22. The lowest BCUT2D eigenvalue weighted by molar-refractivity contribution is 0.253. The van der Waals surface area contributed by atoms with Crippen LogP contribution in [0.2, 0.25) is 5.02 Å². The molecular formula is C14H21ClN2. The van der Waals surface area contributed by atoms with Crippen molar-refractivity contribution in [3.63, 3.8) is 0 Å². The molecule has 0 spiro atoms. The molecule has 0 heterocycles. The number of halogens is 1. The van der Waals surface area contributed by atoms with Crippen molar-refractivity contribution in [2.45, 2.75) is 39.2 Å². The van der Waals surface area contributed by atoms with E-state index >= 15 is 0 Å². The van der Waals surface area contributed by atoms with E-state index in [-0.39, 0.29) is 0 Å². The zero-order valence-corrected chi connectivity index (χ0v) is 11.3. The van der Waals surface area contributed by atoms with Crippen molar-refractivity contribution in [2.24, 2.45) is 11.8 Å². The van der Waals surface area contributed by atoms with Crippen molar-refractivity contribution in [1.82, 2.24) is 0 Å². The van der Waals surface area contributed by atoms with Crippen LogP contribution < -0.4 is 11.1 Å². The summed E-state index contributed by atoms with van der Waals surface area (Å²) in [6.07, 6.45) is 3.82. The molecule has 0 saturated heterocycles. The Morgan fingerprint density at radius 2 is 2.06 bits per heavy atom. The van der Waals surface area contributed by atoms with Crippen LogP contribution in [0.5, 0.6) is 0 Å². The average molecular weight is 253 g/mol. The van der Waals surface area contributed by atoms with Crippen molar-refractivity contribution in [3.8, 4) is 0 Å². The summed E-state index contributed by atoms with van der Waals surface area (Å²) in [5, 5.41) is 4.26. The topological polar surface area (TPSA) is 38.0 Å². The summed E-state index contributed by atoms with van der Waals surface area (Å²) < 4.78 is 0. The number of rotatable bonds is 2. The fourth-order valence-corrected chi connectivity index (χ4v) is 2.90. The molecule has 1 aromatic rings. The lowest BCUT2D eigenvalue weighted by Gasteiger charge is -2.35. The van der Waals surface area contributed by atoms with Gasteiger partial charge in [0.1, 0.15) is 0 Å². The van der Waals surface area contributed by atoms with Crippen LogP contribution in [0.1, 0.15) is 33.1 Å². The number of nitrogens with two attached hydrogens (primary N) is 1. The van der Waals surface area contributed by atoms with Crippen LogP contribution in [0.3, 0.4) is 0 Å². The average Bonchev–Trinajstić information content (AvgIpc) is 2.29. The van der Waals surface area contributed by atoms with Crippen LogP contribution in [0, 0.1) is 11.8 Å². The number of hydrogen-bond donors (Lipinski definition) is 2. The number of nitrogens with one attached hydrogen (secondary N) is 1. The van der Waals surface area contributed by atoms with Gasteiger partial charge in [-0.1, -0.05) is 44.4 Å². The monoisotopic (exact) mass is 252 g/mol. The first-order chi connectivity index (χ1) is 8.09. The number of para-hydroxylation sites is 1. The van der Waals surface area contributed by atoms with Crippen molar-refractivity contribution >= 4 is 23.0 Å². The number of anilines is 2. The fraction of sp³-hybridized carbons (Fsp3) is 0.571. The summed E-state index contributed by atoms with van der Waals surface area (Å²) in [4.78, 5) is 0. The van der Waals surface area contributed by atoms with Gasteiger partial charge in [0.05, 0.1) is 16.4 Å². The highest BCUT2D eigenvalue weighted by Crippen LogP contribution is 2.35. The molecule has 1 aromatic carbocycles. The van der Waals surface area contributed by atoms with Gasteiger partial charge in [-0.3, -0.25) is 0 Å². The standard InChI is InChI=1S/C14H21ClN2/c1-9-5-3-8-13(10(9)2)17-14-11(15)6-4-7-12(14)16/h4,6-7,9-10,13,17H,3,5,8,16H2,1-2H3. The Hall–Kier alpha value is -0.890. The summed E-state index contributed by atoms with van der Waals surface area (Å²) in [6.45, 7) is 4.64. The van der Waals surface area contributed by atoms with Crippen molar-refractivity contribution in [3.05, 3.63) is 23.2 Å². The zero-order valence-electron chi connectivity index (χ0n) is 10.5. The van der Waals surface area contributed by atoms with E-state index < -0.39 is 0 Å². The van der Waals surface area contributed by atoms with E-state index in [0.717, 1.165) is 22.3 Å². The molecule has 0 aromatic heterocycles. The number of benzene rings is 1. The Bertz CT molecular complexity index is 372. The van der Waals surface area contributed by atoms with Crippen LogP contribution in [0.25, 0.3) is 0 Å². The molecule has 1 fully saturated rings. The van der Waals surface area contributed by atoms with Crippen LogP contribution in [0.4, 0.5) is 11.4 Å². The first-order valence-corrected chi connectivity index (χ1v) is 6.78. The normalized spacial score (nSPS) is 29.0. The molecular weight excluding hydrogens is 232 g/mol. The Kier molecular flexibility index (Phi) is 3.82. The van der Waals surface area contributed by atoms with Gasteiger partial charge in [-0.15, -0.1) is 0 Å². The highest BCUT2D eigenvalue weighted by Gasteiger charge is 2.27. The van der Waals surface area contributed by atoms with Gasteiger partial charge in [-0.25, -0.2) is 0 Å².